The molecule has 0 aromatic heterocycles. The minimum atomic E-state index is -0.217. The summed E-state index contributed by atoms with van der Waals surface area (Å²) in [5.74, 6) is -0.254. The van der Waals surface area contributed by atoms with Crippen molar-refractivity contribution in [3.8, 4) is 0 Å². The van der Waals surface area contributed by atoms with Gasteiger partial charge in [-0.2, -0.15) is 0 Å². The summed E-state index contributed by atoms with van der Waals surface area (Å²) in [4.78, 5) is 5.23. The molecule has 2 aliphatic rings. The lowest BCUT2D eigenvalue weighted by atomic mass is 9.87. The van der Waals surface area contributed by atoms with Crippen LogP contribution in [0.1, 0.15) is 42.7 Å². The molecule has 0 aliphatic carbocycles. The van der Waals surface area contributed by atoms with Crippen molar-refractivity contribution in [1.29, 1.82) is 0 Å². The summed E-state index contributed by atoms with van der Waals surface area (Å²) in [6.07, 6.45) is 4.76. The number of fused-ring (bicyclic) bond motifs is 1. The van der Waals surface area contributed by atoms with E-state index in [4.69, 9.17) is 0 Å². The molecule has 144 valence electrons. The molecular formula is C23H28F2N2. The zero-order chi connectivity index (χ0) is 18.6. The van der Waals surface area contributed by atoms with Crippen LogP contribution >= 0.6 is 0 Å². The second-order valence-electron chi connectivity index (χ2n) is 7.93. The summed E-state index contributed by atoms with van der Waals surface area (Å²) >= 11 is 0. The minimum absolute atomic E-state index is 0.180. The third-order valence-corrected chi connectivity index (χ3v) is 6.18. The predicted molar refractivity (Wildman–Crippen MR) is 105 cm³/mol. The minimum Gasteiger partial charge on any atom is -0.301 e. The van der Waals surface area contributed by atoms with Crippen molar-refractivity contribution in [1.82, 2.24) is 9.80 Å². The molecule has 2 aromatic rings. The highest BCUT2D eigenvalue weighted by atomic mass is 19.1. The first-order valence-corrected chi connectivity index (χ1v) is 10.2. The number of piperazine rings is 1. The lowest BCUT2D eigenvalue weighted by Gasteiger charge is -2.37. The van der Waals surface area contributed by atoms with E-state index >= 15 is 0 Å². The van der Waals surface area contributed by atoms with Gasteiger partial charge in [0.25, 0.3) is 0 Å². The Morgan fingerprint density at radius 3 is 2.11 bits per heavy atom. The Kier molecular flexibility index (Phi) is 5.84. The van der Waals surface area contributed by atoms with Gasteiger partial charge < -0.3 is 4.90 Å². The number of rotatable bonds is 6. The maximum atomic E-state index is 13.3. The van der Waals surface area contributed by atoms with Crippen LogP contribution in [-0.4, -0.2) is 48.6 Å². The number of nitrogens with zero attached hydrogens (tertiary/aromatic N) is 2. The van der Waals surface area contributed by atoms with E-state index in [1.807, 2.05) is 24.3 Å². The van der Waals surface area contributed by atoms with Crippen molar-refractivity contribution in [3.05, 3.63) is 71.3 Å². The first-order valence-electron chi connectivity index (χ1n) is 10.2. The van der Waals surface area contributed by atoms with E-state index in [1.165, 1.54) is 56.7 Å². The largest absolute Gasteiger partial charge is 0.301 e. The van der Waals surface area contributed by atoms with E-state index in [0.717, 1.165) is 43.1 Å². The van der Waals surface area contributed by atoms with Gasteiger partial charge in [-0.25, -0.2) is 8.78 Å². The van der Waals surface area contributed by atoms with Crippen LogP contribution in [0.15, 0.2) is 48.5 Å². The molecule has 2 aromatic carbocycles. The van der Waals surface area contributed by atoms with E-state index in [1.54, 1.807) is 0 Å². The highest BCUT2D eigenvalue weighted by Gasteiger charge is 2.30. The van der Waals surface area contributed by atoms with E-state index < -0.39 is 0 Å². The van der Waals surface area contributed by atoms with Crippen molar-refractivity contribution >= 4 is 0 Å². The second-order valence-corrected chi connectivity index (χ2v) is 7.93. The van der Waals surface area contributed by atoms with Gasteiger partial charge in [-0.1, -0.05) is 24.3 Å². The zero-order valence-electron chi connectivity index (χ0n) is 15.8. The summed E-state index contributed by atoms with van der Waals surface area (Å²) in [7, 11) is 0. The van der Waals surface area contributed by atoms with Crippen molar-refractivity contribution in [3.63, 3.8) is 0 Å². The van der Waals surface area contributed by atoms with Crippen molar-refractivity contribution < 1.29 is 8.78 Å². The van der Waals surface area contributed by atoms with Crippen molar-refractivity contribution in [2.45, 2.75) is 37.6 Å². The van der Waals surface area contributed by atoms with E-state index in [9.17, 15) is 8.78 Å². The molecule has 4 rings (SSSR count). The van der Waals surface area contributed by atoms with Crippen LogP contribution in [0.4, 0.5) is 8.78 Å². The molecule has 2 fully saturated rings. The molecule has 0 saturated carbocycles. The molecule has 2 saturated heterocycles. The molecule has 2 nitrogen and oxygen atoms in total. The van der Waals surface area contributed by atoms with Gasteiger partial charge in [-0.3, -0.25) is 4.90 Å². The van der Waals surface area contributed by atoms with Crippen LogP contribution in [0.3, 0.4) is 0 Å². The van der Waals surface area contributed by atoms with Gasteiger partial charge in [0.2, 0.25) is 0 Å². The van der Waals surface area contributed by atoms with Crippen molar-refractivity contribution in [2.24, 2.45) is 0 Å². The summed E-state index contributed by atoms with van der Waals surface area (Å²) in [5.41, 5.74) is 2.20. The van der Waals surface area contributed by atoms with Gasteiger partial charge in [-0.05, 0) is 74.2 Å². The van der Waals surface area contributed by atoms with Gasteiger partial charge in [-0.15, -0.1) is 0 Å². The molecule has 1 atom stereocenters. The molecule has 0 spiro atoms. The molecule has 1 unspecified atom stereocenters. The second kappa shape index (κ2) is 8.49. The first-order chi connectivity index (χ1) is 13.2. The Morgan fingerprint density at radius 2 is 1.48 bits per heavy atom. The topological polar surface area (TPSA) is 6.48 Å². The molecule has 0 N–H and O–H groups in total. The number of hydrogen-bond acceptors (Lipinski definition) is 2. The first kappa shape index (κ1) is 18.6. The zero-order valence-corrected chi connectivity index (χ0v) is 15.8. The third kappa shape index (κ3) is 4.56. The van der Waals surface area contributed by atoms with Gasteiger partial charge in [0, 0.05) is 31.6 Å². The summed E-state index contributed by atoms with van der Waals surface area (Å²) < 4.78 is 26.7. The summed E-state index contributed by atoms with van der Waals surface area (Å²) in [6.45, 7) is 5.93. The Morgan fingerprint density at radius 1 is 0.852 bits per heavy atom. The SMILES string of the molecule is Fc1ccc(C(CCCN2CCN3CCCC3C2)c2ccc(F)cc2)cc1. The van der Waals surface area contributed by atoms with E-state index in [-0.39, 0.29) is 17.6 Å². The quantitative estimate of drug-likeness (QED) is 0.730. The summed E-state index contributed by atoms with van der Waals surface area (Å²) in [6, 6.07) is 14.3. The molecule has 2 heterocycles. The lowest BCUT2D eigenvalue weighted by Crippen LogP contribution is -2.50. The molecule has 2 aliphatic heterocycles. The van der Waals surface area contributed by atoms with Crippen LogP contribution in [0.25, 0.3) is 0 Å². The fraction of sp³-hybridized carbons (Fsp3) is 0.478. The molecular weight excluding hydrogens is 342 g/mol. The maximum Gasteiger partial charge on any atom is 0.123 e. The van der Waals surface area contributed by atoms with Gasteiger partial charge >= 0.3 is 0 Å². The Balaban J connectivity index is 1.40. The number of hydrogen-bond donors (Lipinski definition) is 0. The van der Waals surface area contributed by atoms with E-state index in [0.29, 0.717) is 0 Å². The molecule has 27 heavy (non-hydrogen) atoms. The maximum absolute atomic E-state index is 13.3. The van der Waals surface area contributed by atoms with Gasteiger partial charge in [0.05, 0.1) is 0 Å². The Bertz CT molecular complexity index is 684. The molecule has 0 bridgehead atoms. The van der Waals surface area contributed by atoms with Crippen LogP contribution < -0.4 is 0 Å². The fourth-order valence-corrected chi connectivity index (χ4v) is 4.69. The predicted octanol–water partition coefficient (Wildman–Crippen LogP) is 4.66. The highest BCUT2D eigenvalue weighted by molar-refractivity contribution is 5.32. The third-order valence-electron chi connectivity index (χ3n) is 6.18. The number of halogens is 2. The highest BCUT2D eigenvalue weighted by Crippen LogP contribution is 2.30. The van der Waals surface area contributed by atoms with Crippen LogP contribution in [0, 0.1) is 11.6 Å². The lowest BCUT2D eigenvalue weighted by molar-refractivity contribution is 0.103. The normalized spacial score (nSPS) is 20.9. The van der Waals surface area contributed by atoms with Crippen LogP contribution in [0.5, 0.6) is 0 Å². The molecule has 0 amide bonds. The van der Waals surface area contributed by atoms with Gasteiger partial charge in [0.1, 0.15) is 11.6 Å². The Labute approximate surface area is 160 Å². The van der Waals surface area contributed by atoms with E-state index in [2.05, 4.69) is 9.80 Å². The van der Waals surface area contributed by atoms with Crippen LogP contribution in [-0.2, 0) is 0 Å². The summed E-state index contributed by atoms with van der Waals surface area (Å²) in [5, 5.41) is 0. The number of benzene rings is 2. The molecule has 0 radical (unpaired) electrons. The fourth-order valence-electron chi connectivity index (χ4n) is 4.69. The molecule has 4 heteroatoms. The van der Waals surface area contributed by atoms with Gasteiger partial charge in [0.15, 0.2) is 0 Å². The average Bonchev–Trinajstić information content (AvgIpc) is 3.15. The standard InChI is InChI=1S/C23H28F2N2/c24-20-9-5-18(6-10-20)23(19-7-11-21(25)12-8-19)4-2-13-26-15-16-27-14-1-3-22(27)17-26/h5-12,22-23H,1-4,13-17H2. The Hall–Kier alpha value is -1.78. The average molecular weight is 370 g/mol. The van der Waals surface area contributed by atoms with Crippen LogP contribution in [0.2, 0.25) is 0 Å². The smallest absolute Gasteiger partial charge is 0.123 e. The monoisotopic (exact) mass is 370 g/mol. The van der Waals surface area contributed by atoms with Crippen molar-refractivity contribution in [2.75, 3.05) is 32.7 Å².